The second kappa shape index (κ2) is 10.5. The zero-order chi connectivity index (χ0) is 31.6. The van der Waals surface area contributed by atoms with Crippen LogP contribution in [0.25, 0.3) is 94.4 Å². The van der Waals surface area contributed by atoms with Gasteiger partial charge in [0.05, 0.1) is 11.0 Å². The van der Waals surface area contributed by atoms with Crippen LogP contribution in [0.15, 0.2) is 162 Å². The standard InChI is InChI=1S/C43H26N4O/c1-2-11-28(12-3-1)41-44-42(46-43(45-41)30-21-25-39-35(26-30)33-14-7-9-17-38(33)48-39)29-18-22-31(23-19-29)47-36-16-8-6-15-34(36)40-32-13-5-4-10-27(32)20-24-37(40)47/h1-26H. The van der Waals surface area contributed by atoms with Crippen molar-refractivity contribution in [3.8, 4) is 39.9 Å². The van der Waals surface area contributed by atoms with Gasteiger partial charge in [0, 0.05) is 43.9 Å². The first-order valence-corrected chi connectivity index (χ1v) is 16.0. The van der Waals surface area contributed by atoms with E-state index in [2.05, 4.69) is 102 Å². The Morgan fingerprint density at radius 1 is 0.396 bits per heavy atom. The van der Waals surface area contributed by atoms with Crippen molar-refractivity contribution < 1.29 is 4.42 Å². The highest BCUT2D eigenvalue weighted by Crippen LogP contribution is 2.37. The lowest BCUT2D eigenvalue weighted by molar-refractivity contribution is 0.669. The van der Waals surface area contributed by atoms with Crippen LogP contribution in [0.1, 0.15) is 0 Å². The number of fused-ring (bicyclic) bond motifs is 8. The number of para-hydroxylation sites is 2. The largest absolute Gasteiger partial charge is 0.456 e. The molecule has 0 fully saturated rings. The topological polar surface area (TPSA) is 56.7 Å². The van der Waals surface area contributed by atoms with Crippen LogP contribution in [0, 0.1) is 0 Å². The smallest absolute Gasteiger partial charge is 0.164 e. The van der Waals surface area contributed by atoms with Gasteiger partial charge in [-0.3, -0.25) is 0 Å². The Balaban J connectivity index is 1.13. The fraction of sp³-hybridized carbons (Fsp3) is 0. The summed E-state index contributed by atoms with van der Waals surface area (Å²) in [4.78, 5) is 15.0. The molecule has 0 amide bonds. The third-order valence-corrected chi connectivity index (χ3v) is 9.25. The van der Waals surface area contributed by atoms with E-state index in [1.807, 2.05) is 60.7 Å². The molecule has 224 valence electrons. The van der Waals surface area contributed by atoms with Gasteiger partial charge in [-0.15, -0.1) is 0 Å². The van der Waals surface area contributed by atoms with E-state index < -0.39 is 0 Å². The van der Waals surface area contributed by atoms with Crippen LogP contribution in [-0.2, 0) is 0 Å². The fourth-order valence-electron chi connectivity index (χ4n) is 6.99. The summed E-state index contributed by atoms with van der Waals surface area (Å²) >= 11 is 0. The van der Waals surface area contributed by atoms with Crippen LogP contribution in [-0.4, -0.2) is 19.5 Å². The first kappa shape index (κ1) is 26.6. The summed E-state index contributed by atoms with van der Waals surface area (Å²) in [6, 6.07) is 54.5. The highest BCUT2D eigenvalue weighted by Gasteiger charge is 2.17. The van der Waals surface area contributed by atoms with E-state index in [1.54, 1.807) is 0 Å². The molecule has 0 unspecified atom stereocenters. The molecule has 10 aromatic rings. The van der Waals surface area contributed by atoms with Crippen molar-refractivity contribution in [1.82, 2.24) is 19.5 Å². The minimum atomic E-state index is 0.615. The molecule has 0 saturated carbocycles. The number of furan rings is 1. The van der Waals surface area contributed by atoms with Crippen LogP contribution in [0.2, 0.25) is 0 Å². The van der Waals surface area contributed by atoms with E-state index in [9.17, 15) is 0 Å². The van der Waals surface area contributed by atoms with Gasteiger partial charge in [0.2, 0.25) is 0 Å². The Bertz CT molecular complexity index is 2830. The highest BCUT2D eigenvalue weighted by molar-refractivity contribution is 6.21. The SMILES string of the molecule is c1ccc(-c2nc(-c3ccc(-n4c5ccccc5c5c6ccccc6ccc54)cc3)nc(-c3ccc4oc5ccccc5c4c3)n2)cc1. The van der Waals surface area contributed by atoms with Gasteiger partial charge in [-0.25, -0.2) is 15.0 Å². The van der Waals surface area contributed by atoms with Gasteiger partial charge in [-0.1, -0.05) is 97.1 Å². The molecule has 5 nitrogen and oxygen atoms in total. The van der Waals surface area contributed by atoms with E-state index >= 15 is 0 Å². The Hall–Kier alpha value is -6.59. The first-order valence-electron chi connectivity index (χ1n) is 16.0. The maximum Gasteiger partial charge on any atom is 0.164 e. The Morgan fingerprint density at radius 3 is 1.81 bits per heavy atom. The van der Waals surface area contributed by atoms with Gasteiger partial charge in [0.1, 0.15) is 11.2 Å². The van der Waals surface area contributed by atoms with Crippen molar-refractivity contribution in [3.05, 3.63) is 158 Å². The minimum Gasteiger partial charge on any atom is -0.456 e. The monoisotopic (exact) mass is 614 g/mol. The van der Waals surface area contributed by atoms with E-state index in [0.717, 1.165) is 44.3 Å². The molecule has 48 heavy (non-hydrogen) atoms. The minimum absolute atomic E-state index is 0.615. The Kier molecular flexibility index (Phi) is 5.81. The van der Waals surface area contributed by atoms with Crippen LogP contribution in [0.5, 0.6) is 0 Å². The molecular formula is C43H26N4O. The van der Waals surface area contributed by atoms with Crippen molar-refractivity contribution in [2.24, 2.45) is 0 Å². The molecule has 7 aromatic carbocycles. The number of hydrogen-bond donors (Lipinski definition) is 0. The van der Waals surface area contributed by atoms with Crippen molar-refractivity contribution in [2.75, 3.05) is 0 Å². The Labute approximate surface area is 275 Å². The number of hydrogen-bond acceptors (Lipinski definition) is 4. The van der Waals surface area contributed by atoms with E-state index in [4.69, 9.17) is 19.4 Å². The molecule has 3 heterocycles. The van der Waals surface area contributed by atoms with Crippen molar-refractivity contribution in [2.45, 2.75) is 0 Å². The van der Waals surface area contributed by atoms with E-state index in [0.29, 0.717) is 17.5 Å². The second-order valence-electron chi connectivity index (χ2n) is 12.1. The zero-order valence-electron chi connectivity index (χ0n) is 25.7. The van der Waals surface area contributed by atoms with Crippen molar-refractivity contribution in [1.29, 1.82) is 0 Å². The summed E-state index contributed by atoms with van der Waals surface area (Å²) in [5.41, 5.74) is 7.89. The number of nitrogens with zero attached hydrogens (tertiary/aromatic N) is 4. The van der Waals surface area contributed by atoms with Crippen LogP contribution in [0.3, 0.4) is 0 Å². The molecule has 0 aliphatic rings. The summed E-state index contributed by atoms with van der Waals surface area (Å²) in [5.74, 6) is 1.87. The Morgan fingerprint density at radius 2 is 1.00 bits per heavy atom. The van der Waals surface area contributed by atoms with Crippen molar-refractivity contribution in [3.63, 3.8) is 0 Å². The average molecular weight is 615 g/mol. The molecule has 0 spiro atoms. The quantitative estimate of drug-likeness (QED) is 0.198. The average Bonchev–Trinajstić information content (AvgIpc) is 3.71. The maximum absolute atomic E-state index is 6.09. The first-order chi connectivity index (χ1) is 23.8. The van der Waals surface area contributed by atoms with Gasteiger partial charge in [0.25, 0.3) is 0 Å². The lowest BCUT2D eigenvalue weighted by Crippen LogP contribution is -2.00. The maximum atomic E-state index is 6.09. The molecule has 10 rings (SSSR count). The molecule has 0 bridgehead atoms. The highest BCUT2D eigenvalue weighted by atomic mass is 16.3. The summed E-state index contributed by atoms with van der Waals surface area (Å²) < 4.78 is 8.44. The summed E-state index contributed by atoms with van der Waals surface area (Å²) in [6.45, 7) is 0. The molecule has 0 aliphatic heterocycles. The van der Waals surface area contributed by atoms with Gasteiger partial charge in [0.15, 0.2) is 17.5 Å². The molecule has 5 heteroatoms. The van der Waals surface area contributed by atoms with Gasteiger partial charge < -0.3 is 8.98 Å². The summed E-state index contributed by atoms with van der Waals surface area (Å²) in [5, 5.41) is 7.11. The fourth-order valence-corrected chi connectivity index (χ4v) is 6.99. The lowest BCUT2D eigenvalue weighted by atomic mass is 10.0. The van der Waals surface area contributed by atoms with E-state index in [1.165, 1.54) is 32.6 Å². The molecular weight excluding hydrogens is 589 g/mol. The second-order valence-corrected chi connectivity index (χ2v) is 12.1. The van der Waals surface area contributed by atoms with Gasteiger partial charge >= 0.3 is 0 Å². The van der Waals surface area contributed by atoms with Gasteiger partial charge in [-0.2, -0.15) is 0 Å². The van der Waals surface area contributed by atoms with Gasteiger partial charge in [-0.05, 0) is 71.4 Å². The molecule has 3 aromatic heterocycles. The predicted octanol–water partition coefficient (Wildman–Crippen LogP) is 11.0. The van der Waals surface area contributed by atoms with Crippen LogP contribution < -0.4 is 0 Å². The summed E-state index contributed by atoms with van der Waals surface area (Å²) in [6.07, 6.45) is 0. The van der Waals surface area contributed by atoms with Crippen LogP contribution >= 0.6 is 0 Å². The van der Waals surface area contributed by atoms with Crippen molar-refractivity contribution >= 4 is 54.5 Å². The molecule has 0 atom stereocenters. The zero-order valence-corrected chi connectivity index (χ0v) is 25.7. The normalized spacial score (nSPS) is 11.8. The van der Waals surface area contributed by atoms with E-state index in [-0.39, 0.29) is 0 Å². The molecule has 0 N–H and O–H groups in total. The lowest BCUT2D eigenvalue weighted by Gasteiger charge is -2.11. The molecule has 0 radical (unpaired) electrons. The predicted molar refractivity (Wildman–Crippen MR) is 195 cm³/mol. The third-order valence-electron chi connectivity index (χ3n) is 9.25. The summed E-state index contributed by atoms with van der Waals surface area (Å²) in [7, 11) is 0. The molecule has 0 aliphatic carbocycles. The number of benzene rings is 7. The molecule has 0 saturated heterocycles. The van der Waals surface area contributed by atoms with Crippen LogP contribution in [0.4, 0.5) is 0 Å². The number of aromatic nitrogens is 4. The third kappa shape index (κ3) is 4.15. The number of rotatable bonds is 4.